The Hall–Kier alpha value is -2.44. The van der Waals surface area contributed by atoms with Crippen LogP contribution < -0.4 is 5.32 Å². The monoisotopic (exact) mass is 428 g/mol. The summed E-state index contributed by atoms with van der Waals surface area (Å²) in [6.07, 6.45) is 7.43. The van der Waals surface area contributed by atoms with Crippen LogP contribution >= 0.6 is 11.6 Å². The van der Waals surface area contributed by atoms with Crippen LogP contribution in [0.25, 0.3) is 16.6 Å². The molecular weight excluding hydrogens is 403 g/mol. The van der Waals surface area contributed by atoms with Crippen LogP contribution in [0.1, 0.15) is 36.2 Å². The normalized spacial score (nSPS) is 16.5. The molecule has 30 heavy (non-hydrogen) atoms. The van der Waals surface area contributed by atoms with Crippen molar-refractivity contribution in [2.45, 2.75) is 32.7 Å². The van der Waals surface area contributed by atoms with Gasteiger partial charge in [0, 0.05) is 30.9 Å². The third-order valence-electron chi connectivity index (χ3n) is 5.96. The lowest BCUT2D eigenvalue weighted by Crippen LogP contribution is -2.33. The minimum atomic E-state index is -0.441. The Bertz CT molecular complexity index is 1090. The van der Waals surface area contributed by atoms with E-state index >= 15 is 0 Å². The lowest BCUT2D eigenvalue weighted by atomic mass is 9.99. The predicted molar refractivity (Wildman–Crippen MR) is 118 cm³/mol. The molecule has 7 heteroatoms. The number of rotatable bonds is 5. The second-order valence-electron chi connectivity index (χ2n) is 8.27. The lowest BCUT2D eigenvalue weighted by molar-refractivity contribution is 0.0754. The van der Waals surface area contributed by atoms with Crippen LogP contribution in [-0.2, 0) is 6.42 Å². The van der Waals surface area contributed by atoms with Gasteiger partial charge in [-0.1, -0.05) is 11.6 Å². The number of halogens is 2. The van der Waals surface area contributed by atoms with Crippen LogP contribution in [0.3, 0.4) is 0 Å². The van der Waals surface area contributed by atoms with E-state index < -0.39 is 5.82 Å². The van der Waals surface area contributed by atoms with E-state index in [1.165, 1.54) is 12.1 Å². The summed E-state index contributed by atoms with van der Waals surface area (Å²) in [5.41, 5.74) is 2.87. The summed E-state index contributed by atoms with van der Waals surface area (Å²) in [5.74, 6) is -0.128. The van der Waals surface area contributed by atoms with Crippen molar-refractivity contribution >= 4 is 28.4 Å². The van der Waals surface area contributed by atoms with Crippen LogP contribution in [0.5, 0.6) is 0 Å². The summed E-state index contributed by atoms with van der Waals surface area (Å²) in [5, 5.41) is 4.93. The zero-order valence-electron chi connectivity index (χ0n) is 17.5. The topological polar surface area (TPSA) is 50.2 Å². The van der Waals surface area contributed by atoms with E-state index in [0.29, 0.717) is 22.2 Å². The third kappa shape index (κ3) is 3.82. The molecule has 158 valence electrons. The molecule has 0 aliphatic carbocycles. The van der Waals surface area contributed by atoms with Gasteiger partial charge in [-0.25, -0.2) is 4.39 Å². The van der Waals surface area contributed by atoms with Gasteiger partial charge in [-0.05, 0) is 69.5 Å². The smallest absolute Gasteiger partial charge is 0.256 e. The Morgan fingerprint density at radius 2 is 2.20 bits per heavy atom. The minimum absolute atomic E-state index is 0.00318. The van der Waals surface area contributed by atoms with E-state index in [2.05, 4.69) is 10.3 Å². The Morgan fingerprint density at radius 3 is 2.90 bits per heavy atom. The Morgan fingerprint density at radius 1 is 1.40 bits per heavy atom. The maximum atomic E-state index is 14.1. The quantitative estimate of drug-likeness (QED) is 0.653. The van der Waals surface area contributed by atoms with Crippen molar-refractivity contribution in [1.82, 2.24) is 19.8 Å². The number of benzene rings is 1. The molecule has 1 saturated heterocycles. The number of carbonyl (C=O) groups excluding carboxylic acids is 1. The highest BCUT2D eigenvalue weighted by atomic mass is 35.5. The number of hydrogen-bond acceptors (Lipinski definition) is 3. The first-order valence-electron chi connectivity index (χ1n) is 10.3. The van der Waals surface area contributed by atoms with Gasteiger partial charge in [-0.15, -0.1) is 0 Å². The van der Waals surface area contributed by atoms with Gasteiger partial charge in [0.25, 0.3) is 5.91 Å². The SMILES string of the molecule is CC(C)N(C)C(=O)c1cc(F)ccc1-n1cc(C[C@H]2CCNC2)c2c(Cl)cncc21. The maximum absolute atomic E-state index is 14.1. The minimum Gasteiger partial charge on any atom is -0.339 e. The average Bonchev–Trinajstić information content (AvgIpc) is 3.36. The maximum Gasteiger partial charge on any atom is 0.256 e. The number of fused-ring (bicyclic) bond motifs is 1. The fourth-order valence-corrected chi connectivity index (χ4v) is 4.36. The molecule has 0 radical (unpaired) electrons. The number of pyridine rings is 1. The fraction of sp³-hybridized carbons (Fsp3) is 0.391. The first kappa shape index (κ1) is 20.8. The van der Waals surface area contributed by atoms with Gasteiger partial charge < -0.3 is 14.8 Å². The molecule has 1 aliphatic heterocycles. The standard InChI is InChI=1S/C23H26ClFN4O/c1-14(2)28(3)23(30)18-9-17(25)4-5-20(18)29-13-16(8-15-6-7-26-10-15)22-19(24)11-27-12-21(22)29/h4-5,9,11-15,26H,6-8,10H2,1-3H3/t15-/m1/s1. The van der Waals surface area contributed by atoms with Crippen LogP contribution in [0, 0.1) is 11.7 Å². The van der Waals surface area contributed by atoms with Crippen molar-refractivity contribution in [2.24, 2.45) is 5.92 Å². The van der Waals surface area contributed by atoms with Crippen molar-refractivity contribution in [3.63, 3.8) is 0 Å². The number of amides is 1. The third-order valence-corrected chi connectivity index (χ3v) is 6.25. The van der Waals surface area contributed by atoms with Crippen LogP contribution in [0.4, 0.5) is 4.39 Å². The van der Waals surface area contributed by atoms with Crippen molar-refractivity contribution in [1.29, 1.82) is 0 Å². The molecule has 1 amide bonds. The summed E-state index contributed by atoms with van der Waals surface area (Å²) < 4.78 is 16.0. The van der Waals surface area contributed by atoms with Gasteiger partial charge in [0.2, 0.25) is 0 Å². The number of nitrogens with one attached hydrogen (secondary N) is 1. The second-order valence-corrected chi connectivity index (χ2v) is 8.68. The Balaban J connectivity index is 1.88. The summed E-state index contributed by atoms with van der Waals surface area (Å²) >= 11 is 6.54. The Labute approximate surface area is 180 Å². The zero-order chi connectivity index (χ0) is 21.4. The number of hydrogen-bond donors (Lipinski definition) is 1. The highest BCUT2D eigenvalue weighted by Crippen LogP contribution is 2.33. The highest BCUT2D eigenvalue weighted by Gasteiger charge is 2.24. The van der Waals surface area contributed by atoms with E-state index in [1.54, 1.807) is 30.4 Å². The van der Waals surface area contributed by atoms with Crippen LogP contribution in [-0.4, -0.2) is 46.5 Å². The van der Waals surface area contributed by atoms with Gasteiger partial charge in [0.15, 0.2) is 0 Å². The molecule has 0 unspecified atom stereocenters. The van der Waals surface area contributed by atoms with Gasteiger partial charge in [0.05, 0.1) is 28.0 Å². The molecule has 3 aromatic rings. The summed E-state index contributed by atoms with van der Waals surface area (Å²) in [6.45, 7) is 5.87. The molecule has 4 rings (SSSR count). The summed E-state index contributed by atoms with van der Waals surface area (Å²) in [7, 11) is 1.73. The molecule has 2 aromatic heterocycles. The van der Waals surface area contributed by atoms with E-state index in [9.17, 15) is 9.18 Å². The molecule has 1 aliphatic rings. The molecule has 1 atom stereocenters. The summed E-state index contributed by atoms with van der Waals surface area (Å²) in [4.78, 5) is 19.0. The van der Waals surface area contributed by atoms with E-state index in [0.717, 1.165) is 42.4 Å². The van der Waals surface area contributed by atoms with Gasteiger partial charge in [0.1, 0.15) is 5.82 Å². The summed E-state index contributed by atoms with van der Waals surface area (Å²) in [6, 6.07) is 4.33. The van der Waals surface area contributed by atoms with Gasteiger partial charge in [-0.2, -0.15) is 0 Å². The van der Waals surface area contributed by atoms with E-state index in [-0.39, 0.29) is 11.9 Å². The first-order valence-corrected chi connectivity index (χ1v) is 10.7. The Kier molecular flexibility index (Phi) is 5.80. The zero-order valence-corrected chi connectivity index (χ0v) is 18.2. The van der Waals surface area contributed by atoms with Crippen molar-refractivity contribution in [3.05, 3.63) is 58.8 Å². The molecule has 1 aromatic carbocycles. The predicted octanol–water partition coefficient (Wildman–Crippen LogP) is 4.45. The van der Waals surface area contributed by atoms with E-state index in [1.807, 2.05) is 24.6 Å². The number of aromatic nitrogens is 2. The van der Waals surface area contributed by atoms with Gasteiger partial charge >= 0.3 is 0 Å². The van der Waals surface area contributed by atoms with Crippen molar-refractivity contribution in [2.75, 3.05) is 20.1 Å². The molecule has 0 saturated carbocycles. The van der Waals surface area contributed by atoms with Crippen LogP contribution in [0.2, 0.25) is 5.02 Å². The molecule has 0 spiro atoms. The molecular formula is C23H26ClFN4O. The average molecular weight is 429 g/mol. The molecule has 1 N–H and O–H groups in total. The highest BCUT2D eigenvalue weighted by molar-refractivity contribution is 6.35. The van der Waals surface area contributed by atoms with Crippen LogP contribution in [0.15, 0.2) is 36.8 Å². The molecule has 0 bridgehead atoms. The fourth-order valence-electron chi connectivity index (χ4n) is 4.08. The largest absolute Gasteiger partial charge is 0.339 e. The molecule has 1 fully saturated rings. The van der Waals surface area contributed by atoms with Gasteiger partial charge in [-0.3, -0.25) is 9.78 Å². The first-order chi connectivity index (χ1) is 14.4. The van der Waals surface area contributed by atoms with E-state index in [4.69, 9.17) is 11.6 Å². The molecule has 5 nitrogen and oxygen atoms in total. The number of nitrogens with zero attached hydrogens (tertiary/aromatic N) is 3. The lowest BCUT2D eigenvalue weighted by Gasteiger charge is -2.23. The molecule has 3 heterocycles. The van der Waals surface area contributed by atoms with Crippen molar-refractivity contribution < 1.29 is 9.18 Å². The van der Waals surface area contributed by atoms with Crippen molar-refractivity contribution in [3.8, 4) is 5.69 Å². The second kappa shape index (κ2) is 8.36. The number of carbonyl (C=O) groups is 1.